The van der Waals surface area contributed by atoms with Gasteiger partial charge >= 0.3 is 0 Å². The average molecular weight is 229 g/mol. The van der Waals surface area contributed by atoms with Crippen LogP contribution in [0.25, 0.3) is 0 Å². The highest BCUT2D eigenvalue weighted by Gasteiger charge is 2.21. The Balaban J connectivity index is 1.97. The van der Waals surface area contributed by atoms with Gasteiger partial charge in [-0.25, -0.2) is 4.39 Å². The van der Waals surface area contributed by atoms with Crippen LogP contribution in [0.5, 0.6) is 0 Å². The Bertz CT molecular complexity index is 352. The first-order valence-electron chi connectivity index (χ1n) is 5.10. The molecule has 2 rings (SSSR count). The highest BCUT2D eigenvalue weighted by molar-refractivity contribution is 6.30. The lowest BCUT2D eigenvalue weighted by Gasteiger charge is -2.13. The van der Waals surface area contributed by atoms with Crippen molar-refractivity contribution in [1.29, 1.82) is 0 Å². The lowest BCUT2D eigenvalue weighted by atomic mass is 10.1. The van der Waals surface area contributed by atoms with Gasteiger partial charge in [-0.2, -0.15) is 0 Å². The summed E-state index contributed by atoms with van der Waals surface area (Å²) in [6.45, 7) is 0.715. The molecule has 0 spiro atoms. The van der Waals surface area contributed by atoms with Gasteiger partial charge in [0.25, 0.3) is 0 Å². The van der Waals surface area contributed by atoms with Gasteiger partial charge in [-0.3, -0.25) is 0 Å². The average Bonchev–Trinajstić information content (AvgIpc) is 3.02. The van der Waals surface area contributed by atoms with Crippen molar-refractivity contribution < 1.29 is 4.39 Å². The molecule has 0 saturated heterocycles. The zero-order chi connectivity index (χ0) is 10.8. The fourth-order valence-electron chi connectivity index (χ4n) is 1.44. The summed E-state index contributed by atoms with van der Waals surface area (Å²) in [5.41, 5.74) is 6.82. The predicted octanol–water partition coefficient (Wildman–Crippen LogP) is 2.23. The highest BCUT2D eigenvalue weighted by atomic mass is 35.5. The number of hydrogen-bond donors (Lipinski definition) is 2. The molecule has 2 nitrogen and oxygen atoms in total. The van der Waals surface area contributed by atoms with Crippen LogP contribution >= 0.6 is 11.6 Å². The molecule has 0 heterocycles. The minimum Gasteiger partial charge on any atom is -0.323 e. The number of hydrogen-bond acceptors (Lipinski definition) is 2. The van der Waals surface area contributed by atoms with Crippen molar-refractivity contribution in [1.82, 2.24) is 5.32 Å². The van der Waals surface area contributed by atoms with E-state index < -0.39 is 5.82 Å². The van der Waals surface area contributed by atoms with Crippen LogP contribution < -0.4 is 11.1 Å². The topological polar surface area (TPSA) is 38.0 Å². The molecule has 1 aliphatic rings. The Morgan fingerprint density at radius 1 is 1.53 bits per heavy atom. The van der Waals surface area contributed by atoms with E-state index in [1.54, 1.807) is 12.1 Å². The zero-order valence-electron chi connectivity index (χ0n) is 8.34. The molecule has 1 aromatic rings. The summed E-state index contributed by atoms with van der Waals surface area (Å²) in [5, 5.41) is 3.46. The van der Waals surface area contributed by atoms with E-state index in [0.29, 0.717) is 12.6 Å². The molecule has 1 saturated carbocycles. The molecule has 1 aromatic carbocycles. The normalized spacial score (nSPS) is 17.8. The van der Waals surface area contributed by atoms with Gasteiger partial charge in [-0.15, -0.1) is 0 Å². The first-order chi connectivity index (χ1) is 7.16. The van der Waals surface area contributed by atoms with Gasteiger partial charge in [0.1, 0.15) is 5.82 Å². The van der Waals surface area contributed by atoms with Crippen LogP contribution in [0, 0.1) is 5.82 Å². The van der Waals surface area contributed by atoms with Gasteiger partial charge in [-0.1, -0.05) is 17.7 Å². The molecule has 1 fully saturated rings. The molecule has 0 radical (unpaired) electrons. The van der Waals surface area contributed by atoms with E-state index >= 15 is 0 Å². The summed E-state index contributed by atoms with van der Waals surface area (Å²) < 4.78 is 12.9. The Hall–Kier alpha value is -0.640. The lowest BCUT2D eigenvalue weighted by molar-refractivity contribution is 0.591. The van der Waals surface area contributed by atoms with E-state index in [1.165, 1.54) is 18.9 Å². The van der Waals surface area contributed by atoms with Crippen LogP contribution in [-0.4, -0.2) is 12.6 Å². The van der Waals surface area contributed by atoms with Gasteiger partial charge in [0, 0.05) is 18.6 Å². The lowest BCUT2D eigenvalue weighted by Crippen LogP contribution is -2.28. The monoisotopic (exact) mass is 228 g/mol. The molecule has 1 aliphatic carbocycles. The van der Waals surface area contributed by atoms with E-state index in [9.17, 15) is 4.39 Å². The largest absolute Gasteiger partial charge is 0.323 e. The van der Waals surface area contributed by atoms with Gasteiger partial charge in [0.2, 0.25) is 0 Å². The molecule has 0 bridgehead atoms. The number of rotatable bonds is 4. The summed E-state index contributed by atoms with van der Waals surface area (Å²) in [6.07, 6.45) is 2.47. The van der Waals surface area contributed by atoms with Gasteiger partial charge in [-0.05, 0) is 30.5 Å². The molecular formula is C11H14ClFN2. The van der Waals surface area contributed by atoms with E-state index in [4.69, 9.17) is 17.3 Å². The smallest absolute Gasteiger partial charge is 0.141 e. The fourth-order valence-corrected chi connectivity index (χ4v) is 1.63. The number of benzene rings is 1. The Morgan fingerprint density at radius 3 is 2.87 bits per heavy atom. The van der Waals surface area contributed by atoms with Crippen LogP contribution in [-0.2, 0) is 0 Å². The van der Waals surface area contributed by atoms with E-state index in [1.807, 2.05) is 0 Å². The van der Waals surface area contributed by atoms with Crippen LogP contribution in [0.15, 0.2) is 18.2 Å². The summed E-state index contributed by atoms with van der Waals surface area (Å²) in [5.74, 6) is -0.400. The van der Waals surface area contributed by atoms with E-state index in [0.717, 1.165) is 5.56 Å². The molecule has 0 aliphatic heterocycles. The van der Waals surface area contributed by atoms with Crippen molar-refractivity contribution in [3.8, 4) is 0 Å². The molecule has 0 amide bonds. The zero-order valence-corrected chi connectivity index (χ0v) is 9.10. The Labute approximate surface area is 93.6 Å². The molecule has 1 atom stereocenters. The Kier molecular flexibility index (Phi) is 3.24. The third kappa shape index (κ3) is 2.91. The summed E-state index contributed by atoms with van der Waals surface area (Å²) in [7, 11) is 0. The van der Waals surface area contributed by atoms with Crippen molar-refractivity contribution in [3.63, 3.8) is 0 Å². The van der Waals surface area contributed by atoms with Gasteiger partial charge in [0.15, 0.2) is 0 Å². The minimum atomic E-state index is -0.400. The fraction of sp³-hybridized carbons (Fsp3) is 0.455. The van der Waals surface area contributed by atoms with Gasteiger partial charge in [0.05, 0.1) is 5.02 Å². The quantitative estimate of drug-likeness (QED) is 0.830. The van der Waals surface area contributed by atoms with Crippen molar-refractivity contribution in [2.24, 2.45) is 5.73 Å². The summed E-state index contributed by atoms with van der Waals surface area (Å²) in [6, 6.07) is 5.14. The second-order valence-electron chi connectivity index (χ2n) is 3.96. The van der Waals surface area contributed by atoms with Crippen LogP contribution in [0.1, 0.15) is 24.4 Å². The van der Waals surface area contributed by atoms with Crippen LogP contribution in [0.2, 0.25) is 5.02 Å². The van der Waals surface area contributed by atoms with Crippen LogP contribution in [0.4, 0.5) is 4.39 Å². The number of halogens is 2. The molecular weight excluding hydrogens is 215 g/mol. The highest BCUT2D eigenvalue weighted by Crippen LogP contribution is 2.22. The molecule has 3 N–H and O–H groups in total. The molecule has 1 unspecified atom stereocenters. The third-order valence-corrected chi connectivity index (χ3v) is 2.87. The summed E-state index contributed by atoms with van der Waals surface area (Å²) in [4.78, 5) is 0. The van der Waals surface area contributed by atoms with Crippen LogP contribution in [0.3, 0.4) is 0 Å². The van der Waals surface area contributed by atoms with E-state index in [-0.39, 0.29) is 11.1 Å². The maximum absolute atomic E-state index is 12.9. The maximum Gasteiger partial charge on any atom is 0.141 e. The van der Waals surface area contributed by atoms with Gasteiger partial charge < -0.3 is 11.1 Å². The SMILES string of the molecule is NC(CNC1CC1)c1ccc(F)c(Cl)c1. The molecule has 4 heteroatoms. The second-order valence-corrected chi connectivity index (χ2v) is 4.37. The van der Waals surface area contributed by atoms with Crippen molar-refractivity contribution in [2.45, 2.75) is 24.9 Å². The Morgan fingerprint density at radius 2 is 2.27 bits per heavy atom. The second kappa shape index (κ2) is 4.47. The molecule has 15 heavy (non-hydrogen) atoms. The number of nitrogens with one attached hydrogen (secondary N) is 1. The van der Waals surface area contributed by atoms with Crippen molar-refractivity contribution in [3.05, 3.63) is 34.6 Å². The minimum absolute atomic E-state index is 0.122. The summed E-state index contributed by atoms with van der Waals surface area (Å²) >= 11 is 5.68. The molecule has 82 valence electrons. The third-order valence-electron chi connectivity index (χ3n) is 2.58. The standard InChI is InChI=1S/C11H14ClFN2/c12-9-5-7(1-4-10(9)13)11(14)6-15-8-2-3-8/h1,4-5,8,11,15H,2-3,6,14H2. The first kappa shape index (κ1) is 10.9. The predicted molar refractivity (Wildman–Crippen MR) is 59.4 cm³/mol. The first-order valence-corrected chi connectivity index (χ1v) is 5.48. The van der Waals surface area contributed by atoms with Crippen molar-refractivity contribution in [2.75, 3.05) is 6.54 Å². The molecule has 0 aromatic heterocycles. The number of nitrogens with two attached hydrogens (primary N) is 1. The maximum atomic E-state index is 12.9. The van der Waals surface area contributed by atoms with Crippen molar-refractivity contribution >= 4 is 11.6 Å². The van der Waals surface area contributed by atoms with E-state index in [2.05, 4.69) is 5.32 Å².